The Morgan fingerprint density at radius 2 is 2.04 bits per heavy atom. The third-order valence-corrected chi connectivity index (χ3v) is 4.42. The molecule has 25 heavy (non-hydrogen) atoms. The van der Waals surface area contributed by atoms with E-state index in [0.29, 0.717) is 16.7 Å². The lowest BCUT2D eigenvalue weighted by molar-refractivity contribution is -0.142. The fraction of sp³-hybridized carbons (Fsp3) is 0.167. The van der Waals surface area contributed by atoms with Crippen LogP contribution in [0.2, 0.25) is 0 Å². The number of hydrogen-bond acceptors (Lipinski definition) is 6. The Kier molecular flexibility index (Phi) is 4.95. The lowest BCUT2D eigenvalue weighted by atomic mass is 10.1. The molecule has 3 rings (SSSR count). The average Bonchev–Trinajstić information content (AvgIpc) is 3.30. The van der Waals surface area contributed by atoms with Gasteiger partial charge in [-0.15, -0.1) is 0 Å². The van der Waals surface area contributed by atoms with Crippen LogP contribution < -0.4 is 5.32 Å². The Morgan fingerprint density at radius 1 is 1.20 bits per heavy atom. The highest BCUT2D eigenvalue weighted by Crippen LogP contribution is 2.17. The standard InChI is InChI=1S/C18H15NO5S/c1-23-18(22)14(9-15(20)13-5-7-25-10-13)19-17(21)12-2-3-16-11(8-12)4-6-24-16/h2-8,10,14H,9H2,1H3,(H,19,21). The highest BCUT2D eigenvalue weighted by molar-refractivity contribution is 7.08. The molecule has 1 N–H and O–H groups in total. The number of nitrogens with one attached hydrogen (secondary N) is 1. The number of hydrogen-bond donors (Lipinski definition) is 1. The molecule has 2 aromatic heterocycles. The summed E-state index contributed by atoms with van der Waals surface area (Å²) in [4.78, 5) is 36.6. The summed E-state index contributed by atoms with van der Waals surface area (Å²) in [6.07, 6.45) is 1.37. The van der Waals surface area contributed by atoms with Crippen LogP contribution in [0.15, 0.2) is 51.8 Å². The molecule has 1 aromatic carbocycles. The number of furan rings is 1. The van der Waals surface area contributed by atoms with Crippen molar-refractivity contribution in [1.29, 1.82) is 0 Å². The molecule has 128 valence electrons. The predicted octanol–water partition coefficient (Wildman–Crippen LogP) is 3.04. The number of Topliss-reactive ketones (excluding diaryl/α,β-unsaturated/α-hetero) is 1. The van der Waals surface area contributed by atoms with Crippen LogP contribution in [0.1, 0.15) is 27.1 Å². The first-order valence-electron chi connectivity index (χ1n) is 7.50. The molecular weight excluding hydrogens is 342 g/mol. The summed E-state index contributed by atoms with van der Waals surface area (Å²) in [5.74, 6) is -1.36. The van der Waals surface area contributed by atoms with Gasteiger partial charge in [0.05, 0.1) is 13.4 Å². The highest BCUT2D eigenvalue weighted by Gasteiger charge is 2.26. The molecule has 1 unspecified atom stereocenters. The number of carbonyl (C=O) groups is 3. The molecule has 0 radical (unpaired) electrons. The fourth-order valence-electron chi connectivity index (χ4n) is 2.41. The van der Waals surface area contributed by atoms with Gasteiger partial charge in [0.15, 0.2) is 5.78 Å². The lowest BCUT2D eigenvalue weighted by Gasteiger charge is -2.15. The first-order chi connectivity index (χ1) is 12.1. The van der Waals surface area contributed by atoms with E-state index in [-0.39, 0.29) is 12.2 Å². The van der Waals surface area contributed by atoms with Crippen molar-refractivity contribution in [3.05, 3.63) is 58.5 Å². The Morgan fingerprint density at radius 3 is 2.76 bits per heavy atom. The second kappa shape index (κ2) is 7.31. The topological polar surface area (TPSA) is 85.6 Å². The van der Waals surface area contributed by atoms with Gasteiger partial charge < -0.3 is 14.5 Å². The van der Waals surface area contributed by atoms with Crippen LogP contribution in [0.5, 0.6) is 0 Å². The van der Waals surface area contributed by atoms with Crippen LogP contribution in [-0.2, 0) is 9.53 Å². The first-order valence-corrected chi connectivity index (χ1v) is 8.44. The van der Waals surface area contributed by atoms with E-state index in [1.807, 2.05) is 0 Å². The lowest BCUT2D eigenvalue weighted by Crippen LogP contribution is -2.42. The van der Waals surface area contributed by atoms with Gasteiger partial charge >= 0.3 is 5.97 Å². The minimum atomic E-state index is -1.05. The van der Waals surface area contributed by atoms with Gasteiger partial charge in [-0.05, 0) is 35.7 Å². The molecular formula is C18H15NO5S. The fourth-order valence-corrected chi connectivity index (χ4v) is 3.07. The smallest absolute Gasteiger partial charge is 0.328 e. The average molecular weight is 357 g/mol. The summed E-state index contributed by atoms with van der Waals surface area (Å²) in [6.45, 7) is 0. The van der Waals surface area contributed by atoms with E-state index in [2.05, 4.69) is 5.32 Å². The van der Waals surface area contributed by atoms with Gasteiger partial charge in [0.25, 0.3) is 5.91 Å². The molecule has 1 amide bonds. The minimum absolute atomic E-state index is 0.164. The number of benzene rings is 1. The SMILES string of the molecule is COC(=O)C(CC(=O)c1ccsc1)NC(=O)c1ccc2occc2c1. The van der Waals surface area contributed by atoms with Crippen molar-refractivity contribution in [3.63, 3.8) is 0 Å². The molecule has 0 spiro atoms. The third kappa shape index (κ3) is 3.77. The van der Waals surface area contributed by atoms with Gasteiger partial charge in [-0.25, -0.2) is 4.79 Å². The number of thiophene rings is 1. The number of carbonyl (C=O) groups excluding carboxylic acids is 3. The number of ketones is 1. The van der Waals surface area contributed by atoms with Crippen molar-refractivity contribution in [2.24, 2.45) is 0 Å². The maximum absolute atomic E-state index is 12.5. The number of fused-ring (bicyclic) bond motifs is 1. The summed E-state index contributed by atoms with van der Waals surface area (Å²) >= 11 is 1.39. The van der Waals surface area contributed by atoms with E-state index in [4.69, 9.17) is 9.15 Å². The zero-order valence-electron chi connectivity index (χ0n) is 13.4. The van der Waals surface area contributed by atoms with E-state index < -0.39 is 17.9 Å². The Hall–Kier alpha value is -2.93. The largest absolute Gasteiger partial charge is 0.467 e. The Bertz CT molecular complexity index is 913. The molecule has 0 saturated heterocycles. The normalized spacial score (nSPS) is 11.9. The summed E-state index contributed by atoms with van der Waals surface area (Å²) in [5.41, 5.74) is 1.53. The molecule has 0 saturated carbocycles. The molecule has 0 fully saturated rings. The minimum Gasteiger partial charge on any atom is -0.467 e. The van der Waals surface area contributed by atoms with E-state index in [0.717, 1.165) is 5.39 Å². The van der Waals surface area contributed by atoms with Crippen molar-refractivity contribution >= 4 is 40.0 Å². The van der Waals surface area contributed by atoms with Gasteiger partial charge in [0.1, 0.15) is 11.6 Å². The third-order valence-electron chi connectivity index (χ3n) is 3.74. The number of ether oxygens (including phenoxy) is 1. The zero-order valence-corrected chi connectivity index (χ0v) is 14.2. The predicted molar refractivity (Wildman–Crippen MR) is 92.8 cm³/mol. The second-order valence-electron chi connectivity index (χ2n) is 5.36. The summed E-state index contributed by atoms with van der Waals surface area (Å²) < 4.78 is 9.94. The molecule has 0 aliphatic heterocycles. The molecule has 1 atom stereocenters. The number of esters is 1. The van der Waals surface area contributed by atoms with Crippen molar-refractivity contribution < 1.29 is 23.5 Å². The summed E-state index contributed by atoms with van der Waals surface area (Å²) in [5, 5.41) is 6.82. The Balaban J connectivity index is 1.75. The number of rotatable bonds is 6. The van der Waals surface area contributed by atoms with E-state index in [9.17, 15) is 14.4 Å². The monoisotopic (exact) mass is 357 g/mol. The van der Waals surface area contributed by atoms with Gasteiger partial charge in [0, 0.05) is 28.3 Å². The molecule has 0 aliphatic carbocycles. The molecule has 0 bridgehead atoms. The van der Waals surface area contributed by atoms with Gasteiger partial charge in [-0.3, -0.25) is 9.59 Å². The molecule has 3 aromatic rings. The molecule has 6 nitrogen and oxygen atoms in total. The van der Waals surface area contributed by atoms with Gasteiger partial charge in [-0.1, -0.05) is 0 Å². The highest BCUT2D eigenvalue weighted by atomic mass is 32.1. The first kappa shape index (κ1) is 16.9. The van der Waals surface area contributed by atoms with Gasteiger partial charge in [-0.2, -0.15) is 11.3 Å². The Labute approximate surface area is 147 Å². The van der Waals surface area contributed by atoms with Crippen LogP contribution in [0, 0.1) is 0 Å². The van der Waals surface area contributed by atoms with Crippen LogP contribution in [0.25, 0.3) is 11.0 Å². The molecule has 2 heterocycles. The van der Waals surface area contributed by atoms with Crippen LogP contribution in [0.3, 0.4) is 0 Å². The van der Waals surface area contributed by atoms with Gasteiger partial charge in [0.2, 0.25) is 0 Å². The number of methoxy groups -OCH3 is 1. The maximum Gasteiger partial charge on any atom is 0.328 e. The second-order valence-corrected chi connectivity index (χ2v) is 6.14. The summed E-state index contributed by atoms with van der Waals surface area (Å²) in [6, 6.07) is 7.29. The van der Waals surface area contributed by atoms with Crippen LogP contribution in [-0.4, -0.2) is 30.8 Å². The van der Waals surface area contributed by atoms with Crippen molar-refractivity contribution in [2.75, 3.05) is 7.11 Å². The van der Waals surface area contributed by atoms with E-state index >= 15 is 0 Å². The van der Waals surface area contributed by atoms with Crippen molar-refractivity contribution in [1.82, 2.24) is 5.32 Å². The van der Waals surface area contributed by atoms with Crippen molar-refractivity contribution in [2.45, 2.75) is 12.5 Å². The molecule has 0 aliphatic rings. The van der Waals surface area contributed by atoms with Crippen LogP contribution >= 0.6 is 11.3 Å². The maximum atomic E-state index is 12.5. The quantitative estimate of drug-likeness (QED) is 0.541. The zero-order chi connectivity index (χ0) is 17.8. The van der Waals surface area contributed by atoms with E-state index in [1.54, 1.807) is 41.1 Å². The van der Waals surface area contributed by atoms with Crippen molar-refractivity contribution in [3.8, 4) is 0 Å². The van der Waals surface area contributed by atoms with Crippen LogP contribution in [0.4, 0.5) is 0 Å². The van der Waals surface area contributed by atoms with E-state index in [1.165, 1.54) is 24.7 Å². The summed E-state index contributed by atoms with van der Waals surface area (Å²) in [7, 11) is 1.22. The molecule has 7 heteroatoms. The number of amides is 1.